The number of nitrogens with zero attached hydrogens (tertiary/aromatic N) is 2. The highest BCUT2D eigenvalue weighted by Gasteiger charge is 2.38. The number of hydrogen-bond acceptors (Lipinski definition) is 5. The molecule has 1 amide bonds. The molecule has 0 aliphatic heterocycles. The van der Waals surface area contributed by atoms with Crippen molar-refractivity contribution in [3.05, 3.63) is 47.6 Å². The molecule has 0 unspecified atom stereocenters. The van der Waals surface area contributed by atoms with Crippen LogP contribution in [0.4, 0.5) is 18.3 Å². The molecule has 1 saturated carbocycles. The molecule has 4 rings (SSSR count). The third kappa shape index (κ3) is 3.73. The fourth-order valence-corrected chi connectivity index (χ4v) is 3.62. The molecule has 0 saturated heterocycles. The molecule has 9 heteroatoms. The summed E-state index contributed by atoms with van der Waals surface area (Å²) in [6.07, 6.45) is -1.97. The van der Waals surface area contributed by atoms with Gasteiger partial charge in [0.1, 0.15) is 17.4 Å². The summed E-state index contributed by atoms with van der Waals surface area (Å²) in [6, 6.07) is 9.43. The SMILES string of the molecule is O=C(Nc1nc(C(F)(F)F)cs1)C1CC(Oc2cccc3cccnc23)C1. The second-order valence-electron chi connectivity index (χ2n) is 6.26. The van der Waals surface area contributed by atoms with Crippen LogP contribution in [0.3, 0.4) is 0 Å². The van der Waals surface area contributed by atoms with Gasteiger partial charge in [0.05, 0.1) is 0 Å². The van der Waals surface area contributed by atoms with Gasteiger partial charge in [-0.3, -0.25) is 9.78 Å². The molecular formula is C18H14F3N3O2S. The number of anilines is 1. The molecule has 0 bridgehead atoms. The Morgan fingerprint density at radius 1 is 1.22 bits per heavy atom. The number of para-hydroxylation sites is 1. The number of alkyl halides is 3. The first-order valence-electron chi connectivity index (χ1n) is 8.24. The summed E-state index contributed by atoms with van der Waals surface area (Å²) in [6.45, 7) is 0. The first-order chi connectivity index (χ1) is 12.9. The predicted octanol–water partition coefficient (Wildman–Crippen LogP) is 4.51. The zero-order chi connectivity index (χ0) is 19.0. The Kier molecular flexibility index (Phi) is 4.47. The van der Waals surface area contributed by atoms with E-state index in [1.54, 1.807) is 6.20 Å². The van der Waals surface area contributed by atoms with Crippen LogP contribution in [0.15, 0.2) is 41.9 Å². The Labute approximate surface area is 156 Å². The highest BCUT2D eigenvalue weighted by Crippen LogP contribution is 2.35. The largest absolute Gasteiger partial charge is 0.488 e. The third-order valence-corrected chi connectivity index (χ3v) is 5.14. The van der Waals surface area contributed by atoms with E-state index in [-0.39, 0.29) is 23.1 Å². The molecule has 3 aromatic rings. The molecule has 1 N–H and O–H groups in total. The van der Waals surface area contributed by atoms with Crippen LogP contribution < -0.4 is 10.1 Å². The smallest absolute Gasteiger partial charge is 0.434 e. The molecule has 0 spiro atoms. The van der Waals surface area contributed by atoms with Gasteiger partial charge in [-0.25, -0.2) is 4.98 Å². The Hall–Kier alpha value is -2.68. The minimum Gasteiger partial charge on any atom is -0.488 e. The lowest BCUT2D eigenvalue weighted by Gasteiger charge is -2.34. The van der Waals surface area contributed by atoms with Crippen molar-refractivity contribution in [1.82, 2.24) is 9.97 Å². The summed E-state index contributed by atoms with van der Waals surface area (Å²) < 4.78 is 43.6. The molecule has 2 heterocycles. The number of ether oxygens (including phenoxy) is 1. The first-order valence-corrected chi connectivity index (χ1v) is 9.12. The van der Waals surface area contributed by atoms with Crippen LogP contribution >= 0.6 is 11.3 Å². The number of benzene rings is 1. The summed E-state index contributed by atoms with van der Waals surface area (Å²) in [5.41, 5.74) is -0.239. The van der Waals surface area contributed by atoms with Crippen molar-refractivity contribution in [3.63, 3.8) is 0 Å². The van der Waals surface area contributed by atoms with Crippen LogP contribution in [-0.2, 0) is 11.0 Å². The number of nitrogens with one attached hydrogen (secondary N) is 1. The number of pyridine rings is 1. The summed E-state index contributed by atoms with van der Waals surface area (Å²) in [4.78, 5) is 19.9. The van der Waals surface area contributed by atoms with Gasteiger partial charge in [0.25, 0.3) is 0 Å². The topological polar surface area (TPSA) is 64.1 Å². The van der Waals surface area contributed by atoms with E-state index in [1.165, 1.54) is 0 Å². The first kappa shape index (κ1) is 17.7. The van der Waals surface area contributed by atoms with Crippen molar-refractivity contribution in [1.29, 1.82) is 0 Å². The van der Waals surface area contributed by atoms with Crippen molar-refractivity contribution >= 4 is 33.3 Å². The quantitative estimate of drug-likeness (QED) is 0.709. The highest BCUT2D eigenvalue weighted by molar-refractivity contribution is 7.13. The van der Waals surface area contributed by atoms with Gasteiger partial charge in [-0.05, 0) is 25.0 Å². The van der Waals surface area contributed by atoms with Crippen molar-refractivity contribution in [3.8, 4) is 5.75 Å². The predicted molar refractivity (Wildman–Crippen MR) is 94.6 cm³/mol. The van der Waals surface area contributed by atoms with Gasteiger partial charge in [-0.1, -0.05) is 18.2 Å². The molecule has 27 heavy (non-hydrogen) atoms. The van der Waals surface area contributed by atoms with Gasteiger partial charge in [0.2, 0.25) is 5.91 Å². The van der Waals surface area contributed by atoms with E-state index >= 15 is 0 Å². The number of halogens is 3. The van der Waals surface area contributed by atoms with E-state index in [4.69, 9.17) is 4.74 Å². The molecule has 2 aromatic heterocycles. The fraction of sp³-hybridized carbons (Fsp3) is 0.278. The average molecular weight is 393 g/mol. The Morgan fingerprint density at radius 2 is 2.00 bits per heavy atom. The van der Waals surface area contributed by atoms with E-state index in [0.717, 1.165) is 27.6 Å². The lowest BCUT2D eigenvalue weighted by Crippen LogP contribution is -2.40. The van der Waals surface area contributed by atoms with Gasteiger partial charge in [0.15, 0.2) is 10.8 Å². The van der Waals surface area contributed by atoms with E-state index in [9.17, 15) is 18.0 Å². The molecule has 1 aromatic carbocycles. The molecule has 140 valence electrons. The fourth-order valence-electron chi connectivity index (χ4n) is 2.90. The summed E-state index contributed by atoms with van der Waals surface area (Å²) in [5, 5.41) is 4.25. The number of carbonyl (C=O) groups excluding carboxylic acids is 1. The van der Waals surface area contributed by atoms with Crippen molar-refractivity contribution in [2.75, 3.05) is 5.32 Å². The van der Waals surface area contributed by atoms with Crippen LogP contribution in [0, 0.1) is 5.92 Å². The number of carbonyl (C=O) groups is 1. The van der Waals surface area contributed by atoms with E-state index in [1.807, 2.05) is 30.3 Å². The normalized spacial score (nSPS) is 19.5. The number of rotatable bonds is 4. The minimum absolute atomic E-state index is 0.0463. The van der Waals surface area contributed by atoms with E-state index in [2.05, 4.69) is 15.3 Å². The molecule has 0 atom stereocenters. The van der Waals surface area contributed by atoms with Crippen molar-refractivity contribution in [2.45, 2.75) is 25.1 Å². The molecule has 5 nitrogen and oxygen atoms in total. The van der Waals surface area contributed by atoms with Gasteiger partial charge in [-0.15, -0.1) is 11.3 Å². The van der Waals surface area contributed by atoms with Gasteiger partial charge in [0, 0.05) is 22.9 Å². The number of thiazole rings is 1. The monoisotopic (exact) mass is 393 g/mol. The maximum Gasteiger partial charge on any atom is 0.434 e. The standard InChI is InChI=1S/C18H14F3N3O2S/c19-18(20,21)14-9-27-17(23-14)24-16(25)11-7-12(8-11)26-13-5-1-3-10-4-2-6-22-15(10)13/h1-6,9,11-12H,7-8H2,(H,23,24,25). The Bertz CT molecular complexity index is 978. The van der Waals surface area contributed by atoms with Crippen LogP contribution in [0.5, 0.6) is 5.75 Å². The third-order valence-electron chi connectivity index (χ3n) is 4.38. The van der Waals surface area contributed by atoms with Crippen LogP contribution in [0.1, 0.15) is 18.5 Å². The van der Waals surface area contributed by atoms with Gasteiger partial charge < -0.3 is 10.1 Å². The van der Waals surface area contributed by atoms with Gasteiger partial charge in [-0.2, -0.15) is 13.2 Å². The van der Waals surface area contributed by atoms with Crippen molar-refractivity contribution in [2.24, 2.45) is 5.92 Å². The highest BCUT2D eigenvalue weighted by atomic mass is 32.1. The molecule has 1 aliphatic carbocycles. The number of aromatic nitrogens is 2. The number of hydrogen-bond donors (Lipinski definition) is 1. The zero-order valence-electron chi connectivity index (χ0n) is 13.9. The molecular weight excluding hydrogens is 379 g/mol. The second-order valence-corrected chi connectivity index (χ2v) is 7.12. The molecule has 0 radical (unpaired) electrons. The summed E-state index contributed by atoms with van der Waals surface area (Å²) in [7, 11) is 0. The van der Waals surface area contributed by atoms with Crippen molar-refractivity contribution < 1.29 is 22.7 Å². The van der Waals surface area contributed by atoms with E-state index < -0.39 is 11.9 Å². The van der Waals surface area contributed by atoms with Gasteiger partial charge >= 0.3 is 6.18 Å². The lowest BCUT2D eigenvalue weighted by atomic mass is 9.81. The summed E-state index contributed by atoms with van der Waals surface area (Å²) in [5.74, 6) is 0.0110. The van der Waals surface area contributed by atoms with Crippen LogP contribution in [-0.4, -0.2) is 22.0 Å². The number of amides is 1. The molecule has 1 fully saturated rings. The second kappa shape index (κ2) is 6.80. The maximum atomic E-state index is 12.6. The Balaban J connectivity index is 1.34. The summed E-state index contributed by atoms with van der Waals surface area (Å²) >= 11 is 0.759. The minimum atomic E-state index is -4.51. The van der Waals surface area contributed by atoms with E-state index in [0.29, 0.717) is 18.6 Å². The zero-order valence-corrected chi connectivity index (χ0v) is 14.7. The lowest BCUT2D eigenvalue weighted by molar-refractivity contribution is -0.140. The average Bonchev–Trinajstić information content (AvgIpc) is 3.06. The number of fused-ring (bicyclic) bond motifs is 1. The maximum absolute atomic E-state index is 12.6. The van der Waals surface area contributed by atoms with Crippen LogP contribution in [0.2, 0.25) is 0 Å². The molecule has 1 aliphatic rings. The Morgan fingerprint density at radius 3 is 2.74 bits per heavy atom. The van der Waals surface area contributed by atoms with Crippen LogP contribution in [0.25, 0.3) is 10.9 Å².